The van der Waals surface area contributed by atoms with Crippen LogP contribution in [0.1, 0.15) is 36.7 Å². The monoisotopic (exact) mass is 311 g/mol. The van der Waals surface area contributed by atoms with E-state index < -0.39 is 0 Å². The second kappa shape index (κ2) is 6.61. The molecule has 0 aliphatic heterocycles. The number of aryl methyl sites for hydroxylation is 2. The molecule has 0 spiro atoms. The van der Waals surface area contributed by atoms with E-state index in [1.165, 1.54) is 5.56 Å². The highest BCUT2D eigenvalue weighted by Crippen LogP contribution is 2.26. The maximum Gasteiger partial charge on any atom is 0.0666 e. The van der Waals surface area contributed by atoms with E-state index in [4.69, 9.17) is 23.2 Å². The highest BCUT2D eigenvalue weighted by molar-refractivity contribution is 6.33. The van der Waals surface area contributed by atoms with E-state index in [1.54, 1.807) is 6.07 Å². The van der Waals surface area contributed by atoms with Gasteiger partial charge in [0.2, 0.25) is 0 Å². The van der Waals surface area contributed by atoms with Crippen molar-refractivity contribution >= 4 is 23.2 Å². The van der Waals surface area contributed by atoms with Gasteiger partial charge in [-0.2, -0.15) is 5.10 Å². The average Bonchev–Trinajstić information content (AvgIpc) is 2.79. The van der Waals surface area contributed by atoms with Gasteiger partial charge >= 0.3 is 0 Å². The summed E-state index contributed by atoms with van der Waals surface area (Å²) in [4.78, 5) is 0. The molecule has 0 aliphatic rings. The number of aromatic nitrogens is 2. The van der Waals surface area contributed by atoms with Crippen LogP contribution in [-0.4, -0.2) is 9.78 Å². The predicted octanol–water partition coefficient (Wildman–Crippen LogP) is 4.14. The number of rotatable bonds is 5. The third-order valence-electron chi connectivity index (χ3n) is 3.35. The van der Waals surface area contributed by atoms with Crippen molar-refractivity contribution in [3.8, 4) is 0 Å². The Balaban J connectivity index is 2.08. The summed E-state index contributed by atoms with van der Waals surface area (Å²) >= 11 is 12.2. The maximum atomic E-state index is 6.22. The molecule has 0 fully saturated rings. The molecule has 20 heavy (non-hydrogen) atoms. The summed E-state index contributed by atoms with van der Waals surface area (Å²) in [6.07, 6.45) is 2.99. The Kier molecular flexibility index (Phi) is 5.08. The van der Waals surface area contributed by atoms with Gasteiger partial charge in [0.15, 0.2) is 0 Å². The van der Waals surface area contributed by atoms with E-state index in [2.05, 4.69) is 30.5 Å². The normalized spacial score (nSPS) is 12.7. The lowest BCUT2D eigenvalue weighted by Crippen LogP contribution is -2.18. The van der Waals surface area contributed by atoms with E-state index in [1.807, 2.05) is 23.9 Å². The van der Waals surface area contributed by atoms with Crippen molar-refractivity contribution in [1.82, 2.24) is 15.1 Å². The summed E-state index contributed by atoms with van der Waals surface area (Å²) in [5.74, 6) is 0. The van der Waals surface area contributed by atoms with Gasteiger partial charge in [0, 0.05) is 41.4 Å². The first kappa shape index (κ1) is 15.4. The van der Waals surface area contributed by atoms with Crippen LogP contribution in [0.15, 0.2) is 24.4 Å². The van der Waals surface area contributed by atoms with Crippen LogP contribution >= 0.6 is 23.2 Å². The van der Waals surface area contributed by atoms with E-state index in [-0.39, 0.29) is 6.04 Å². The lowest BCUT2D eigenvalue weighted by Gasteiger charge is -2.16. The largest absolute Gasteiger partial charge is 0.306 e. The van der Waals surface area contributed by atoms with Crippen molar-refractivity contribution < 1.29 is 0 Å². The molecule has 1 N–H and O–H groups in total. The Morgan fingerprint density at radius 2 is 2.10 bits per heavy atom. The molecule has 0 amide bonds. The van der Waals surface area contributed by atoms with Crippen LogP contribution in [0.3, 0.4) is 0 Å². The minimum atomic E-state index is 0.131. The van der Waals surface area contributed by atoms with Gasteiger partial charge in [0.05, 0.1) is 5.69 Å². The topological polar surface area (TPSA) is 29.9 Å². The van der Waals surface area contributed by atoms with Gasteiger partial charge < -0.3 is 5.32 Å². The molecule has 1 unspecified atom stereocenters. The van der Waals surface area contributed by atoms with Gasteiger partial charge in [-0.15, -0.1) is 0 Å². The summed E-state index contributed by atoms with van der Waals surface area (Å²) < 4.78 is 1.85. The molecule has 0 saturated heterocycles. The van der Waals surface area contributed by atoms with Crippen LogP contribution in [-0.2, 0) is 20.0 Å². The molecule has 2 rings (SSSR count). The minimum Gasteiger partial charge on any atom is -0.306 e. The Morgan fingerprint density at radius 3 is 2.80 bits per heavy atom. The zero-order valence-corrected chi connectivity index (χ0v) is 13.5. The van der Waals surface area contributed by atoms with E-state index in [9.17, 15) is 0 Å². The number of nitrogens with zero attached hydrogens (tertiary/aromatic N) is 2. The lowest BCUT2D eigenvalue weighted by molar-refractivity contribution is 0.572. The van der Waals surface area contributed by atoms with Gasteiger partial charge in [-0.1, -0.05) is 30.1 Å². The second-order valence-corrected chi connectivity index (χ2v) is 5.74. The second-order valence-electron chi connectivity index (χ2n) is 4.90. The fourth-order valence-corrected chi connectivity index (χ4v) is 2.71. The van der Waals surface area contributed by atoms with Gasteiger partial charge in [-0.05, 0) is 37.1 Å². The fourth-order valence-electron chi connectivity index (χ4n) is 2.25. The fraction of sp³-hybridized carbons (Fsp3) is 0.400. The van der Waals surface area contributed by atoms with Gasteiger partial charge in [-0.25, -0.2) is 0 Å². The number of halogens is 2. The smallest absolute Gasteiger partial charge is 0.0666 e. The first-order chi connectivity index (χ1) is 9.51. The summed E-state index contributed by atoms with van der Waals surface area (Å²) in [6, 6.07) is 5.67. The summed E-state index contributed by atoms with van der Waals surface area (Å²) in [5.41, 5.74) is 3.37. The van der Waals surface area contributed by atoms with Crippen molar-refractivity contribution in [3.63, 3.8) is 0 Å². The molecule has 1 aromatic carbocycles. The summed E-state index contributed by atoms with van der Waals surface area (Å²) in [5, 5.41) is 9.35. The molecule has 0 bridgehead atoms. The molecule has 0 aliphatic carbocycles. The SMILES string of the molecule is CCc1nn(C)cc1CNC(C)c1cc(Cl)ccc1Cl. The Hall–Kier alpha value is -1.03. The van der Waals surface area contributed by atoms with Crippen molar-refractivity contribution in [2.24, 2.45) is 7.05 Å². The van der Waals surface area contributed by atoms with E-state index in [0.717, 1.165) is 29.2 Å². The van der Waals surface area contributed by atoms with E-state index in [0.29, 0.717) is 5.02 Å². The molecule has 0 radical (unpaired) electrons. The molecule has 1 atom stereocenters. The number of benzene rings is 1. The van der Waals surface area contributed by atoms with Crippen LogP contribution in [0, 0.1) is 0 Å². The van der Waals surface area contributed by atoms with Crippen molar-refractivity contribution in [1.29, 1.82) is 0 Å². The van der Waals surface area contributed by atoms with E-state index >= 15 is 0 Å². The Labute approximate surface area is 129 Å². The average molecular weight is 312 g/mol. The standard InChI is InChI=1S/C15H19Cl2N3/c1-4-15-11(9-20(3)19-15)8-18-10(2)13-7-12(16)5-6-14(13)17/h5-7,9-10,18H,4,8H2,1-3H3. The first-order valence-corrected chi connectivity index (χ1v) is 7.46. The van der Waals surface area contributed by atoms with Crippen LogP contribution in [0.5, 0.6) is 0 Å². The lowest BCUT2D eigenvalue weighted by atomic mass is 10.1. The Bertz CT molecular complexity index is 593. The predicted molar refractivity (Wildman–Crippen MR) is 84.3 cm³/mol. The third-order valence-corrected chi connectivity index (χ3v) is 3.93. The zero-order valence-electron chi connectivity index (χ0n) is 12.0. The third kappa shape index (κ3) is 3.54. The van der Waals surface area contributed by atoms with Gasteiger partial charge in [-0.3, -0.25) is 4.68 Å². The summed E-state index contributed by atoms with van der Waals surface area (Å²) in [6.45, 7) is 4.96. The molecule has 5 heteroatoms. The molecule has 3 nitrogen and oxygen atoms in total. The van der Waals surface area contributed by atoms with Crippen molar-refractivity contribution in [3.05, 3.63) is 51.3 Å². The minimum absolute atomic E-state index is 0.131. The van der Waals surface area contributed by atoms with Crippen LogP contribution in [0.25, 0.3) is 0 Å². The quantitative estimate of drug-likeness (QED) is 0.899. The highest BCUT2D eigenvalue weighted by atomic mass is 35.5. The molecule has 1 heterocycles. The molecule has 108 valence electrons. The van der Waals surface area contributed by atoms with Crippen molar-refractivity contribution in [2.45, 2.75) is 32.9 Å². The first-order valence-electron chi connectivity index (χ1n) is 6.71. The maximum absolute atomic E-state index is 6.22. The molecular weight excluding hydrogens is 293 g/mol. The summed E-state index contributed by atoms with van der Waals surface area (Å²) in [7, 11) is 1.94. The Morgan fingerprint density at radius 1 is 1.35 bits per heavy atom. The van der Waals surface area contributed by atoms with Crippen LogP contribution < -0.4 is 5.32 Å². The van der Waals surface area contributed by atoms with Gasteiger partial charge in [0.1, 0.15) is 0 Å². The molecule has 0 saturated carbocycles. The van der Waals surface area contributed by atoms with Crippen molar-refractivity contribution in [2.75, 3.05) is 0 Å². The number of hydrogen-bond acceptors (Lipinski definition) is 2. The molecular formula is C15H19Cl2N3. The molecule has 1 aromatic heterocycles. The molecule has 2 aromatic rings. The number of nitrogens with one attached hydrogen (secondary N) is 1. The highest BCUT2D eigenvalue weighted by Gasteiger charge is 2.12. The van der Waals surface area contributed by atoms with Crippen LogP contribution in [0.4, 0.5) is 0 Å². The zero-order chi connectivity index (χ0) is 14.7. The van der Waals surface area contributed by atoms with Gasteiger partial charge in [0.25, 0.3) is 0 Å². The number of hydrogen-bond donors (Lipinski definition) is 1. The van der Waals surface area contributed by atoms with Crippen LogP contribution in [0.2, 0.25) is 10.0 Å².